The van der Waals surface area contributed by atoms with Crippen molar-refractivity contribution in [1.29, 1.82) is 0 Å². The van der Waals surface area contributed by atoms with Crippen LogP contribution in [0.25, 0.3) is 28.2 Å². The third-order valence-corrected chi connectivity index (χ3v) is 4.84. The van der Waals surface area contributed by atoms with Crippen molar-refractivity contribution in [2.75, 3.05) is 5.32 Å². The summed E-state index contributed by atoms with van der Waals surface area (Å²) in [6, 6.07) is 12.2. The van der Waals surface area contributed by atoms with Crippen LogP contribution < -0.4 is 5.32 Å². The quantitative estimate of drug-likeness (QED) is 0.589. The molecule has 1 amide bonds. The molecule has 0 fully saturated rings. The summed E-state index contributed by atoms with van der Waals surface area (Å²) < 4.78 is 15.4. The van der Waals surface area contributed by atoms with Crippen LogP contribution in [0.1, 0.15) is 11.3 Å². The summed E-state index contributed by atoms with van der Waals surface area (Å²) in [5, 5.41) is 2.86. The molecule has 1 aliphatic heterocycles. The second-order valence-electron chi connectivity index (χ2n) is 6.62. The minimum Gasteiger partial charge on any atom is -0.326 e. The molecule has 5 rings (SSSR count). The van der Waals surface area contributed by atoms with Crippen LogP contribution in [0.15, 0.2) is 54.9 Å². The number of benzene rings is 2. The summed E-state index contributed by atoms with van der Waals surface area (Å²) in [4.78, 5) is 20.8. The third kappa shape index (κ3) is 2.49. The van der Waals surface area contributed by atoms with Crippen molar-refractivity contribution >= 4 is 17.2 Å². The van der Waals surface area contributed by atoms with Crippen LogP contribution in [0.2, 0.25) is 0 Å². The van der Waals surface area contributed by atoms with Gasteiger partial charge in [-0.25, -0.2) is 9.37 Å². The molecule has 3 heterocycles. The third-order valence-electron chi connectivity index (χ3n) is 4.84. The first-order valence-corrected chi connectivity index (χ1v) is 8.63. The van der Waals surface area contributed by atoms with Gasteiger partial charge in [-0.1, -0.05) is 6.07 Å². The summed E-state index contributed by atoms with van der Waals surface area (Å²) >= 11 is 0. The number of anilines is 1. The van der Waals surface area contributed by atoms with Crippen LogP contribution in [0, 0.1) is 12.7 Å². The number of rotatable bonds is 2. The average Bonchev–Trinajstić information content (AvgIpc) is 3.22. The lowest BCUT2D eigenvalue weighted by atomic mass is 10.0. The smallest absolute Gasteiger partial charge is 0.228 e. The number of carbonyl (C=O) groups is 1. The van der Waals surface area contributed by atoms with Gasteiger partial charge in [0.05, 0.1) is 23.5 Å². The van der Waals surface area contributed by atoms with Gasteiger partial charge in [0.1, 0.15) is 5.82 Å². The zero-order chi connectivity index (χ0) is 18.5. The molecule has 2 aromatic heterocycles. The summed E-state index contributed by atoms with van der Waals surface area (Å²) in [6.07, 6.45) is 3.97. The van der Waals surface area contributed by atoms with Crippen molar-refractivity contribution in [3.63, 3.8) is 0 Å². The van der Waals surface area contributed by atoms with E-state index in [0.717, 1.165) is 45.1 Å². The molecule has 4 aromatic rings. The fraction of sp³-hybridized carbons (Fsp3) is 0.0952. The second kappa shape index (κ2) is 5.74. The van der Waals surface area contributed by atoms with E-state index in [0.29, 0.717) is 6.42 Å². The molecule has 0 atom stereocenters. The van der Waals surface area contributed by atoms with E-state index in [1.807, 2.05) is 35.7 Å². The Bertz CT molecular complexity index is 1210. The number of aryl methyl sites for hydroxylation is 1. The Hall–Kier alpha value is -3.54. The van der Waals surface area contributed by atoms with Crippen LogP contribution in [-0.2, 0) is 11.2 Å². The maximum Gasteiger partial charge on any atom is 0.228 e. The van der Waals surface area contributed by atoms with Crippen LogP contribution >= 0.6 is 0 Å². The fourth-order valence-electron chi connectivity index (χ4n) is 3.56. The highest BCUT2D eigenvalue weighted by atomic mass is 19.1. The summed E-state index contributed by atoms with van der Waals surface area (Å²) in [5.74, 6) is -0.289. The topological polar surface area (TPSA) is 59.3 Å². The van der Waals surface area contributed by atoms with Gasteiger partial charge in [0.2, 0.25) is 5.91 Å². The van der Waals surface area contributed by atoms with Crippen LogP contribution in [0.3, 0.4) is 0 Å². The van der Waals surface area contributed by atoms with Crippen LogP contribution in [-0.4, -0.2) is 20.3 Å². The monoisotopic (exact) mass is 358 g/mol. The van der Waals surface area contributed by atoms with Gasteiger partial charge < -0.3 is 5.32 Å². The molecule has 27 heavy (non-hydrogen) atoms. The summed E-state index contributed by atoms with van der Waals surface area (Å²) in [6.45, 7) is 1.91. The minimum atomic E-state index is -0.288. The minimum absolute atomic E-state index is 0.000838. The zero-order valence-electron chi connectivity index (χ0n) is 14.5. The Balaban J connectivity index is 1.79. The molecule has 1 aliphatic rings. The van der Waals surface area contributed by atoms with Crippen molar-refractivity contribution in [2.24, 2.45) is 0 Å². The van der Waals surface area contributed by atoms with E-state index in [1.165, 1.54) is 12.1 Å². The number of nitrogens with zero attached hydrogens (tertiary/aromatic N) is 3. The molecule has 0 saturated carbocycles. The Morgan fingerprint density at radius 1 is 1.11 bits per heavy atom. The SMILES string of the molecule is Cc1nccn2c(-c3ccc4c(c3)CC(=O)N4)c(-c3ccc(F)cc3)nc12. The predicted octanol–water partition coefficient (Wildman–Crippen LogP) is 4.01. The highest BCUT2D eigenvalue weighted by Crippen LogP contribution is 2.36. The molecule has 132 valence electrons. The molecule has 0 spiro atoms. The first kappa shape index (κ1) is 15.7. The molecule has 0 saturated heterocycles. The highest BCUT2D eigenvalue weighted by molar-refractivity contribution is 6.00. The van der Waals surface area contributed by atoms with Crippen LogP contribution in [0.5, 0.6) is 0 Å². The maximum absolute atomic E-state index is 13.4. The Morgan fingerprint density at radius 2 is 1.89 bits per heavy atom. The first-order valence-electron chi connectivity index (χ1n) is 8.63. The van der Waals surface area contributed by atoms with Gasteiger partial charge in [0.25, 0.3) is 0 Å². The number of hydrogen-bond acceptors (Lipinski definition) is 3. The Labute approximate surface area is 154 Å². The molecule has 5 nitrogen and oxygen atoms in total. The largest absolute Gasteiger partial charge is 0.326 e. The van der Waals surface area contributed by atoms with E-state index in [1.54, 1.807) is 18.3 Å². The lowest BCUT2D eigenvalue weighted by molar-refractivity contribution is -0.115. The number of nitrogens with one attached hydrogen (secondary N) is 1. The number of aromatic nitrogens is 3. The van der Waals surface area contributed by atoms with Crippen molar-refractivity contribution in [3.05, 3.63) is 71.9 Å². The molecule has 6 heteroatoms. The van der Waals surface area contributed by atoms with Crippen molar-refractivity contribution in [2.45, 2.75) is 13.3 Å². The number of amides is 1. The average molecular weight is 358 g/mol. The Kier molecular flexibility index (Phi) is 3.33. The molecule has 0 unspecified atom stereocenters. The fourth-order valence-corrected chi connectivity index (χ4v) is 3.56. The molecule has 0 bridgehead atoms. The normalized spacial score (nSPS) is 13.0. The highest BCUT2D eigenvalue weighted by Gasteiger charge is 2.22. The van der Waals surface area contributed by atoms with E-state index in [2.05, 4.69) is 10.3 Å². The van der Waals surface area contributed by atoms with Crippen molar-refractivity contribution in [3.8, 4) is 22.5 Å². The molecular weight excluding hydrogens is 343 g/mol. The van der Waals surface area contributed by atoms with Crippen molar-refractivity contribution < 1.29 is 9.18 Å². The lowest BCUT2D eigenvalue weighted by Crippen LogP contribution is -2.03. The summed E-state index contributed by atoms with van der Waals surface area (Å²) in [7, 11) is 0. The Morgan fingerprint density at radius 3 is 2.70 bits per heavy atom. The van der Waals surface area contributed by atoms with Gasteiger partial charge in [0.15, 0.2) is 5.65 Å². The molecule has 2 aromatic carbocycles. The van der Waals surface area contributed by atoms with E-state index in [9.17, 15) is 9.18 Å². The number of fused-ring (bicyclic) bond motifs is 2. The second-order valence-corrected chi connectivity index (χ2v) is 6.62. The van der Waals surface area contributed by atoms with Gasteiger partial charge >= 0.3 is 0 Å². The van der Waals surface area contributed by atoms with E-state index in [4.69, 9.17) is 4.98 Å². The first-order chi connectivity index (χ1) is 13.1. The van der Waals surface area contributed by atoms with Gasteiger partial charge in [-0.05, 0) is 48.9 Å². The van der Waals surface area contributed by atoms with E-state index < -0.39 is 0 Å². The zero-order valence-corrected chi connectivity index (χ0v) is 14.5. The maximum atomic E-state index is 13.4. The van der Waals surface area contributed by atoms with Gasteiger partial charge in [-0.2, -0.15) is 0 Å². The summed E-state index contributed by atoms with van der Waals surface area (Å²) in [5.41, 5.74) is 6.79. The number of imidazole rings is 1. The molecule has 0 radical (unpaired) electrons. The number of halogens is 1. The molecule has 1 N–H and O–H groups in total. The van der Waals surface area contributed by atoms with Gasteiger partial charge in [-0.3, -0.25) is 14.2 Å². The lowest BCUT2D eigenvalue weighted by Gasteiger charge is -2.08. The number of hydrogen-bond donors (Lipinski definition) is 1. The van der Waals surface area contributed by atoms with Crippen molar-refractivity contribution in [1.82, 2.24) is 14.4 Å². The predicted molar refractivity (Wildman–Crippen MR) is 101 cm³/mol. The molecule has 0 aliphatic carbocycles. The number of carbonyl (C=O) groups excluding carboxylic acids is 1. The standard InChI is InChI=1S/C21H15FN4O/c1-12-21-25-19(13-2-5-16(22)6-3-13)20(26(21)9-8-23-12)14-4-7-17-15(10-14)11-18(27)24-17/h2-10H,11H2,1H3,(H,24,27). The van der Waals surface area contributed by atoms with Gasteiger partial charge in [-0.15, -0.1) is 0 Å². The van der Waals surface area contributed by atoms with Gasteiger partial charge in [0, 0.05) is 29.2 Å². The van der Waals surface area contributed by atoms with Crippen LogP contribution in [0.4, 0.5) is 10.1 Å². The van der Waals surface area contributed by atoms with E-state index in [-0.39, 0.29) is 11.7 Å². The van der Waals surface area contributed by atoms with E-state index >= 15 is 0 Å². The molecular formula is C21H15FN4O.